The first-order valence-corrected chi connectivity index (χ1v) is 15.1. The predicted octanol–water partition coefficient (Wildman–Crippen LogP) is 11.6. The maximum Gasteiger partial charge on any atom is 0.145 e. The zero-order valence-electron chi connectivity index (χ0n) is 23.5. The van der Waals surface area contributed by atoms with Crippen molar-refractivity contribution in [1.29, 1.82) is 0 Å². The van der Waals surface area contributed by atoms with Crippen LogP contribution >= 0.6 is 0 Å². The summed E-state index contributed by atoms with van der Waals surface area (Å²) in [6.07, 6.45) is 47.3. The van der Waals surface area contributed by atoms with Gasteiger partial charge in [-0.15, -0.1) is 0 Å². The van der Waals surface area contributed by atoms with Crippen molar-refractivity contribution in [2.24, 2.45) is 0 Å². The second-order valence-corrected chi connectivity index (χ2v) is 9.84. The van der Waals surface area contributed by atoms with Gasteiger partial charge in [-0.05, 0) is 95.5 Å². The first-order valence-electron chi connectivity index (χ1n) is 15.1. The third kappa shape index (κ3) is 28.5. The molecule has 0 saturated heterocycles. The average Bonchev–Trinajstić information content (AvgIpc) is 2.87. The van der Waals surface area contributed by atoms with E-state index in [0.29, 0.717) is 0 Å². The molecule has 0 fully saturated rings. The smallest absolute Gasteiger partial charge is 0.145 e. The molecule has 0 aliphatic heterocycles. The van der Waals surface area contributed by atoms with Gasteiger partial charge in [-0.2, -0.15) is 0 Å². The van der Waals surface area contributed by atoms with Crippen molar-refractivity contribution in [3.63, 3.8) is 0 Å². The molecule has 0 saturated carbocycles. The molecule has 0 aromatic rings. The minimum atomic E-state index is 0.950. The average molecular weight is 483 g/mol. The molecule has 0 unspecified atom stereocenters. The molecule has 0 aliphatic carbocycles. The first kappa shape index (κ1) is 33.4. The number of rotatable bonds is 26. The van der Waals surface area contributed by atoms with Gasteiger partial charge in [0.05, 0.1) is 0 Å². The fourth-order valence-electron chi connectivity index (χ4n) is 4.06. The van der Waals surface area contributed by atoms with E-state index in [1.54, 1.807) is 0 Å². The van der Waals surface area contributed by atoms with Crippen molar-refractivity contribution < 1.29 is 4.79 Å². The summed E-state index contributed by atoms with van der Waals surface area (Å²) in [6, 6.07) is 0. The molecule has 1 nitrogen and oxygen atoms in total. The van der Waals surface area contributed by atoms with Crippen molar-refractivity contribution in [1.82, 2.24) is 0 Å². The molecule has 1 heteroatoms. The molecule has 0 atom stereocenters. The lowest BCUT2D eigenvalue weighted by atomic mass is 10.0. The summed E-state index contributed by atoms with van der Waals surface area (Å²) in [5, 5.41) is 0. The summed E-state index contributed by atoms with van der Waals surface area (Å²) >= 11 is 0. The lowest BCUT2D eigenvalue weighted by molar-refractivity contribution is -0.105. The van der Waals surface area contributed by atoms with Gasteiger partial charge in [-0.1, -0.05) is 113 Å². The molecule has 0 amide bonds. The Morgan fingerprint density at radius 1 is 0.457 bits per heavy atom. The van der Waals surface area contributed by atoms with E-state index in [0.717, 1.165) is 50.4 Å². The highest BCUT2D eigenvalue weighted by atomic mass is 16.1. The van der Waals surface area contributed by atoms with E-state index >= 15 is 0 Å². The van der Waals surface area contributed by atoms with Crippen molar-refractivity contribution >= 4 is 6.29 Å². The largest absolute Gasteiger partial charge is 0.298 e. The number of carbonyl (C=O) groups is 1. The van der Waals surface area contributed by atoms with Crippen LogP contribution in [0.3, 0.4) is 0 Å². The summed E-state index contributed by atoms with van der Waals surface area (Å²) in [7, 11) is 0. The maximum atomic E-state index is 11.3. The van der Waals surface area contributed by atoms with Gasteiger partial charge in [0.15, 0.2) is 0 Å². The van der Waals surface area contributed by atoms with Crippen LogP contribution in [0.4, 0.5) is 0 Å². The number of unbranched alkanes of at least 4 members (excludes halogenated alkanes) is 14. The van der Waals surface area contributed by atoms with Crippen molar-refractivity contribution in [3.05, 3.63) is 60.3 Å². The van der Waals surface area contributed by atoms with Crippen molar-refractivity contribution in [2.75, 3.05) is 0 Å². The lowest BCUT2D eigenvalue weighted by Gasteiger charge is -2.01. The molecule has 35 heavy (non-hydrogen) atoms. The third-order valence-electron chi connectivity index (χ3n) is 6.38. The van der Waals surface area contributed by atoms with E-state index < -0.39 is 0 Å². The number of hydrogen-bond donors (Lipinski definition) is 0. The van der Waals surface area contributed by atoms with Crippen LogP contribution in [0.5, 0.6) is 0 Å². The van der Waals surface area contributed by atoms with Gasteiger partial charge in [-0.3, -0.25) is 4.79 Å². The van der Waals surface area contributed by atoms with E-state index in [2.05, 4.69) is 68.5 Å². The number of aldehydes is 1. The van der Waals surface area contributed by atoms with Crippen LogP contribution in [-0.2, 0) is 4.79 Å². The fraction of sp³-hybridized carbons (Fsp3) is 0.676. The normalized spacial score (nSPS) is 12.8. The Kier molecular flexibility index (Phi) is 29.0. The lowest BCUT2D eigenvalue weighted by Crippen LogP contribution is -1.87. The second-order valence-electron chi connectivity index (χ2n) is 9.84. The van der Waals surface area contributed by atoms with Gasteiger partial charge in [0.25, 0.3) is 0 Å². The summed E-state index contributed by atoms with van der Waals surface area (Å²) in [5.74, 6) is 0. The Balaban J connectivity index is 3.56. The van der Waals surface area contributed by atoms with Gasteiger partial charge in [0.1, 0.15) is 6.29 Å². The van der Waals surface area contributed by atoms with Crippen LogP contribution in [-0.4, -0.2) is 6.29 Å². The molecule has 0 N–H and O–H groups in total. The summed E-state index contributed by atoms with van der Waals surface area (Å²) in [4.78, 5) is 11.3. The number of hydrogen-bond acceptors (Lipinski definition) is 1. The monoisotopic (exact) mass is 482 g/mol. The molecule has 0 aromatic carbocycles. The SMILES string of the molecule is CCCCCC=CCC=CCCCCCCC=C(C=O)CCCCCC=CCC=CCCCCC. The highest BCUT2D eigenvalue weighted by Crippen LogP contribution is 2.13. The minimum absolute atomic E-state index is 0.950. The molecule has 0 rings (SSSR count). The molecule has 0 spiro atoms. The highest BCUT2D eigenvalue weighted by molar-refractivity contribution is 5.72. The number of carbonyl (C=O) groups excluding carboxylic acids is 1. The summed E-state index contributed by atoms with van der Waals surface area (Å²) in [5.41, 5.74) is 1.01. The summed E-state index contributed by atoms with van der Waals surface area (Å²) in [6.45, 7) is 4.51. The standard InChI is InChI=1S/C34H58O/c1-3-5-7-9-11-13-15-17-18-20-22-24-26-28-30-32-34(33-35)31-29-27-25-23-21-19-16-14-12-10-8-6-4-2/h11-14,17-19,21,32-33H,3-10,15-16,20,22-31H2,1-2H3. The minimum Gasteiger partial charge on any atom is -0.298 e. The van der Waals surface area contributed by atoms with E-state index in [1.165, 1.54) is 96.3 Å². The number of allylic oxidation sites excluding steroid dienone is 10. The Bertz CT molecular complexity index is 575. The fourth-order valence-corrected chi connectivity index (χ4v) is 4.06. The quantitative estimate of drug-likeness (QED) is 0.0518. The van der Waals surface area contributed by atoms with Crippen molar-refractivity contribution in [2.45, 2.75) is 149 Å². The molecule has 0 heterocycles. The van der Waals surface area contributed by atoms with E-state index in [4.69, 9.17) is 0 Å². The van der Waals surface area contributed by atoms with Gasteiger partial charge in [-0.25, -0.2) is 0 Å². The Labute approximate surface area is 219 Å². The highest BCUT2D eigenvalue weighted by Gasteiger charge is 1.96. The third-order valence-corrected chi connectivity index (χ3v) is 6.38. The van der Waals surface area contributed by atoms with E-state index in [9.17, 15) is 4.79 Å². The van der Waals surface area contributed by atoms with Crippen LogP contribution in [0.1, 0.15) is 149 Å². The first-order chi connectivity index (χ1) is 17.3. The molecule has 0 bridgehead atoms. The van der Waals surface area contributed by atoms with Crippen LogP contribution < -0.4 is 0 Å². The molecule has 200 valence electrons. The van der Waals surface area contributed by atoms with Gasteiger partial charge >= 0.3 is 0 Å². The predicted molar refractivity (Wildman–Crippen MR) is 159 cm³/mol. The molecule has 0 aliphatic rings. The van der Waals surface area contributed by atoms with E-state index in [-0.39, 0.29) is 0 Å². The Morgan fingerprint density at radius 3 is 1.29 bits per heavy atom. The maximum absolute atomic E-state index is 11.3. The van der Waals surface area contributed by atoms with Gasteiger partial charge in [0.2, 0.25) is 0 Å². The van der Waals surface area contributed by atoms with Crippen LogP contribution in [0.25, 0.3) is 0 Å². The summed E-state index contributed by atoms with van der Waals surface area (Å²) < 4.78 is 0. The van der Waals surface area contributed by atoms with Crippen molar-refractivity contribution in [3.8, 4) is 0 Å². The van der Waals surface area contributed by atoms with Crippen LogP contribution in [0, 0.1) is 0 Å². The topological polar surface area (TPSA) is 17.1 Å². The molecule has 0 radical (unpaired) electrons. The molecule has 0 aromatic heterocycles. The second kappa shape index (κ2) is 30.4. The zero-order valence-corrected chi connectivity index (χ0v) is 23.5. The van der Waals surface area contributed by atoms with Gasteiger partial charge < -0.3 is 0 Å². The van der Waals surface area contributed by atoms with Crippen LogP contribution in [0.2, 0.25) is 0 Å². The van der Waals surface area contributed by atoms with Gasteiger partial charge in [0, 0.05) is 0 Å². The Hall–Kier alpha value is -1.63. The molecular weight excluding hydrogens is 424 g/mol. The zero-order chi connectivity index (χ0) is 25.5. The van der Waals surface area contributed by atoms with Crippen LogP contribution in [0.15, 0.2) is 60.3 Å². The Morgan fingerprint density at radius 2 is 0.857 bits per heavy atom. The molecular formula is C34H58O. The van der Waals surface area contributed by atoms with E-state index in [1.807, 2.05) is 0 Å².